The third-order valence-corrected chi connectivity index (χ3v) is 5.78. The van der Waals surface area contributed by atoms with Gasteiger partial charge in [-0.2, -0.15) is 0 Å². The van der Waals surface area contributed by atoms with Crippen LogP contribution in [0.1, 0.15) is 24.2 Å². The molecule has 0 bridgehead atoms. The van der Waals surface area contributed by atoms with Crippen LogP contribution in [0.3, 0.4) is 0 Å². The van der Waals surface area contributed by atoms with Crippen molar-refractivity contribution in [1.82, 2.24) is 0 Å². The molecule has 0 N–H and O–H groups in total. The number of hydrogen-bond donors (Lipinski definition) is 0. The Kier molecular flexibility index (Phi) is 3.99. The van der Waals surface area contributed by atoms with E-state index in [1.807, 2.05) is 25.1 Å². The van der Waals surface area contributed by atoms with Gasteiger partial charge in [0, 0.05) is 16.5 Å². The van der Waals surface area contributed by atoms with E-state index >= 15 is 0 Å². The van der Waals surface area contributed by atoms with Crippen molar-refractivity contribution < 1.29 is 13.9 Å². The average Bonchev–Trinajstić information content (AvgIpc) is 2.68. The fourth-order valence-corrected chi connectivity index (χ4v) is 4.32. The molecule has 2 aromatic carbocycles. The topological polar surface area (TPSA) is 48.7 Å². The summed E-state index contributed by atoms with van der Waals surface area (Å²) in [6.07, 6.45) is 2.71. The maximum atomic E-state index is 13.2. The Morgan fingerprint density at radius 1 is 1.11 bits per heavy atom. The number of rotatable bonds is 1. The summed E-state index contributed by atoms with van der Waals surface area (Å²) in [5.74, 6) is 1.66. The lowest BCUT2D eigenvalue weighted by Crippen LogP contribution is -2.38. The van der Waals surface area contributed by atoms with E-state index in [9.17, 15) is 4.79 Å². The minimum Gasteiger partial charge on any atom is -0.464 e. The van der Waals surface area contributed by atoms with Crippen LogP contribution in [0.4, 0.5) is 0 Å². The lowest BCUT2D eigenvalue weighted by atomic mass is 9.89. The molecule has 0 aliphatic carbocycles. The van der Waals surface area contributed by atoms with E-state index in [1.54, 1.807) is 18.2 Å². The van der Waals surface area contributed by atoms with Gasteiger partial charge < -0.3 is 13.9 Å². The summed E-state index contributed by atoms with van der Waals surface area (Å²) in [5.41, 5.74) is 2.97. The second kappa shape index (κ2) is 6.39. The second-order valence-electron chi connectivity index (χ2n) is 7.25. The van der Waals surface area contributed by atoms with Crippen molar-refractivity contribution in [3.8, 4) is 16.9 Å². The minimum atomic E-state index is -0.190. The molecule has 0 spiro atoms. The first-order chi connectivity index (χ1) is 13.1. The lowest BCUT2D eigenvalue weighted by Gasteiger charge is -2.36. The molecule has 1 fully saturated rings. The van der Waals surface area contributed by atoms with Crippen molar-refractivity contribution in [2.24, 2.45) is 5.92 Å². The Morgan fingerprint density at radius 2 is 1.93 bits per heavy atom. The second-order valence-corrected chi connectivity index (χ2v) is 7.69. The van der Waals surface area contributed by atoms with Gasteiger partial charge in [-0.25, -0.2) is 0 Å². The third kappa shape index (κ3) is 2.75. The van der Waals surface area contributed by atoms with Crippen molar-refractivity contribution in [2.45, 2.75) is 32.5 Å². The predicted octanol–water partition coefficient (Wildman–Crippen LogP) is 5.11. The van der Waals surface area contributed by atoms with Gasteiger partial charge in [0.25, 0.3) is 0 Å². The molecule has 5 heteroatoms. The van der Waals surface area contributed by atoms with Crippen molar-refractivity contribution in [3.63, 3.8) is 0 Å². The van der Waals surface area contributed by atoms with Gasteiger partial charge >= 0.3 is 0 Å². The smallest absolute Gasteiger partial charge is 0.202 e. The van der Waals surface area contributed by atoms with Crippen LogP contribution in [0.5, 0.6) is 5.75 Å². The molecule has 0 amide bonds. The SMILES string of the molecule is Cc1oc2c3c(ccc2c(=O)c1-c1ccc(Cl)cc1)OC1OCCCC1C3. The standard InChI is InChI=1S/C22H19ClO4/c1-12-19(13-4-6-15(23)7-5-13)20(24)16-8-9-18-17(21(16)26-12)11-14-3-2-10-25-22(14)27-18/h4-9,14,22H,2-3,10-11H2,1H3. The molecule has 2 unspecified atom stereocenters. The van der Waals surface area contributed by atoms with E-state index in [1.165, 1.54) is 0 Å². The summed E-state index contributed by atoms with van der Waals surface area (Å²) >= 11 is 5.98. The summed E-state index contributed by atoms with van der Waals surface area (Å²) in [5, 5.41) is 1.22. The molecule has 3 aromatic rings. The molecule has 1 aromatic heterocycles. The molecule has 2 atom stereocenters. The number of hydrogen-bond acceptors (Lipinski definition) is 4. The molecular formula is C22H19ClO4. The molecule has 27 heavy (non-hydrogen) atoms. The van der Waals surface area contributed by atoms with Crippen LogP contribution in [0.15, 0.2) is 45.6 Å². The highest BCUT2D eigenvalue weighted by Gasteiger charge is 2.35. The maximum Gasteiger partial charge on any atom is 0.202 e. The van der Waals surface area contributed by atoms with Crippen LogP contribution < -0.4 is 10.2 Å². The molecule has 138 valence electrons. The quantitative estimate of drug-likeness (QED) is 0.586. The number of benzene rings is 2. The van der Waals surface area contributed by atoms with Gasteiger partial charge in [-0.1, -0.05) is 23.7 Å². The first-order valence-electron chi connectivity index (χ1n) is 9.25. The van der Waals surface area contributed by atoms with E-state index in [0.717, 1.165) is 42.7 Å². The van der Waals surface area contributed by atoms with E-state index in [0.29, 0.717) is 33.2 Å². The number of ether oxygens (including phenoxy) is 2. The van der Waals surface area contributed by atoms with Gasteiger partial charge in [-0.15, -0.1) is 0 Å². The van der Waals surface area contributed by atoms with Crippen LogP contribution in [0, 0.1) is 12.8 Å². The van der Waals surface area contributed by atoms with Gasteiger partial charge in [-0.05, 0) is 56.0 Å². The zero-order chi connectivity index (χ0) is 18.5. The molecule has 4 nitrogen and oxygen atoms in total. The molecular weight excluding hydrogens is 364 g/mol. The van der Waals surface area contributed by atoms with Crippen LogP contribution in [0.2, 0.25) is 5.02 Å². The zero-order valence-corrected chi connectivity index (χ0v) is 15.7. The Balaban J connectivity index is 1.69. The number of fused-ring (bicyclic) bond motifs is 4. The Labute approximate surface area is 161 Å². The molecule has 3 heterocycles. The number of aryl methyl sites for hydroxylation is 1. The van der Waals surface area contributed by atoms with E-state index in [4.69, 9.17) is 25.5 Å². The highest BCUT2D eigenvalue weighted by molar-refractivity contribution is 6.30. The molecule has 0 radical (unpaired) electrons. The van der Waals surface area contributed by atoms with Gasteiger partial charge in [0.05, 0.1) is 17.6 Å². The van der Waals surface area contributed by atoms with Crippen molar-refractivity contribution in [3.05, 3.63) is 63.0 Å². The monoisotopic (exact) mass is 382 g/mol. The van der Waals surface area contributed by atoms with Crippen LogP contribution in [-0.2, 0) is 11.2 Å². The first kappa shape index (κ1) is 16.8. The summed E-state index contributed by atoms with van der Waals surface area (Å²) in [6, 6.07) is 10.9. The predicted molar refractivity (Wildman–Crippen MR) is 104 cm³/mol. The minimum absolute atomic E-state index is 0.0270. The van der Waals surface area contributed by atoms with Crippen LogP contribution >= 0.6 is 11.6 Å². The maximum absolute atomic E-state index is 13.2. The van der Waals surface area contributed by atoms with Crippen LogP contribution in [-0.4, -0.2) is 12.9 Å². The summed E-state index contributed by atoms with van der Waals surface area (Å²) in [6.45, 7) is 2.57. The highest BCUT2D eigenvalue weighted by Crippen LogP contribution is 2.40. The number of halogens is 1. The highest BCUT2D eigenvalue weighted by atomic mass is 35.5. The summed E-state index contributed by atoms with van der Waals surface area (Å²) in [7, 11) is 0. The molecule has 2 aliphatic heterocycles. The molecule has 5 rings (SSSR count). The van der Waals surface area contributed by atoms with Crippen molar-refractivity contribution in [2.75, 3.05) is 6.61 Å². The van der Waals surface area contributed by atoms with Crippen molar-refractivity contribution in [1.29, 1.82) is 0 Å². The first-order valence-corrected chi connectivity index (χ1v) is 9.63. The van der Waals surface area contributed by atoms with Crippen LogP contribution in [0.25, 0.3) is 22.1 Å². The third-order valence-electron chi connectivity index (χ3n) is 5.53. The summed E-state index contributed by atoms with van der Waals surface area (Å²) < 4.78 is 18.0. The van der Waals surface area contributed by atoms with E-state index < -0.39 is 0 Å². The Morgan fingerprint density at radius 3 is 2.74 bits per heavy atom. The van der Waals surface area contributed by atoms with Gasteiger partial charge in [0.15, 0.2) is 0 Å². The zero-order valence-electron chi connectivity index (χ0n) is 15.0. The Bertz CT molecular complexity index is 1080. The fourth-order valence-electron chi connectivity index (χ4n) is 4.19. The van der Waals surface area contributed by atoms with Gasteiger partial charge in [0.1, 0.15) is 17.1 Å². The van der Waals surface area contributed by atoms with E-state index in [-0.39, 0.29) is 11.7 Å². The fraction of sp³-hybridized carbons (Fsp3) is 0.318. The average molecular weight is 383 g/mol. The van der Waals surface area contributed by atoms with Gasteiger partial charge in [0.2, 0.25) is 11.7 Å². The normalized spacial score (nSPS) is 21.4. The molecule has 2 aliphatic rings. The largest absolute Gasteiger partial charge is 0.464 e. The molecule has 1 saturated heterocycles. The Hall–Kier alpha value is -2.30. The summed E-state index contributed by atoms with van der Waals surface area (Å²) in [4.78, 5) is 13.2. The van der Waals surface area contributed by atoms with Crippen molar-refractivity contribution >= 4 is 22.6 Å². The van der Waals surface area contributed by atoms with Gasteiger partial charge in [-0.3, -0.25) is 4.79 Å². The van der Waals surface area contributed by atoms with E-state index in [2.05, 4.69) is 0 Å². The molecule has 0 saturated carbocycles. The lowest BCUT2D eigenvalue weighted by molar-refractivity contribution is -0.148.